The molecule has 0 amide bonds. The Morgan fingerprint density at radius 1 is 0.971 bits per heavy atom. The number of aliphatic hydroxyl groups excluding tert-OH is 1. The molecule has 35 heavy (non-hydrogen) atoms. The van der Waals surface area contributed by atoms with Crippen LogP contribution in [-0.2, 0) is 4.74 Å². The molecule has 0 saturated heterocycles. The third kappa shape index (κ3) is 3.29. The molecule has 5 rings (SSSR count). The number of aliphatic hydroxyl groups is 1. The molecule has 0 radical (unpaired) electrons. The van der Waals surface area contributed by atoms with Crippen LogP contribution in [-0.4, -0.2) is 29.1 Å². The number of fused-ring (bicyclic) bond motifs is 7. The molecule has 0 spiro atoms. The first kappa shape index (κ1) is 25.6. The van der Waals surface area contributed by atoms with E-state index in [0.29, 0.717) is 36.2 Å². The number of hydrogen-bond acceptors (Lipinski definition) is 3. The van der Waals surface area contributed by atoms with Gasteiger partial charge in [0.2, 0.25) is 0 Å². The SMILES string of the molecule is C[C@H]1[C@H](C)CC[C@]2(COC(=O)O)CC[C@]3(C)C(=CC[C@@H]4[C@@]5(C)CC[C@H](O)C(C)(C)C5CC[C@]43C)[C@H]12. The van der Waals surface area contributed by atoms with Gasteiger partial charge < -0.3 is 14.9 Å². The van der Waals surface area contributed by atoms with Crippen molar-refractivity contribution < 1.29 is 19.7 Å². The number of hydrogen-bond donors (Lipinski definition) is 2. The van der Waals surface area contributed by atoms with Crippen molar-refractivity contribution in [2.45, 2.75) is 112 Å². The van der Waals surface area contributed by atoms with Crippen molar-refractivity contribution in [1.82, 2.24) is 0 Å². The predicted molar refractivity (Wildman–Crippen MR) is 139 cm³/mol. The van der Waals surface area contributed by atoms with Gasteiger partial charge in [-0.3, -0.25) is 0 Å². The third-order valence-corrected chi connectivity index (χ3v) is 13.6. The molecule has 4 fully saturated rings. The fraction of sp³-hybridized carbons (Fsp3) is 0.903. The maximum absolute atomic E-state index is 11.4. The lowest BCUT2D eigenvalue weighted by atomic mass is 9.33. The minimum atomic E-state index is -1.13. The van der Waals surface area contributed by atoms with Gasteiger partial charge >= 0.3 is 6.16 Å². The molecule has 5 aliphatic rings. The first-order chi connectivity index (χ1) is 16.2. The summed E-state index contributed by atoms with van der Waals surface area (Å²) in [5.41, 5.74) is 2.22. The lowest BCUT2D eigenvalue weighted by Crippen LogP contribution is -2.65. The highest BCUT2D eigenvalue weighted by Crippen LogP contribution is 2.75. The first-order valence-electron chi connectivity index (χ1n) is 14.5. The van der Waals surface area contributed by atoms with E-state index in [-0.39, 0.29) is 33.2 Å². The molecule has 5 aliphatic carbocycles. The number of allylic oxidation sites excluding steroid dienone is 2. The van der Waals surface area contributed by atoms with Gasteiger partial charge in [-0.15, -0.1) is 0 Å². The van der Waals surface area contributed by atoms with Crippen molar-refractivity contribution in [1.29, 1.82) is 0 Å². The molecule has 1 unspecified atom stereocenters. The van der Waals surface area contributed by atoms with Crippen molar-refractivity contribution in [3.05, 3.63) is 11.6 Å². The molecule has 198 valence electrons. The molecular weight excluding hydrogens is 436 g/mol. The largest absolute Gasteiger partial charge is 0.505 e. The lowest BCUT2D eigenvalue weighted by Gasteiger charge is -2.71. The molecule has 0 aliphatic heterocycles. The second-order valence-corrected chi connectivity index (χ2v) is 14.9. The number of ether oxygens (including phenoxy) is 1. The van der Waals surface area contributed by atoms with E-state index in [1.165, 1.54) is 19.3 Å². The molecule has 0 aromatic heterocycles. The second kappa shape index (κ2) is 7.98. The van der Waals surface area contributed by atoms with Crippen LogP contribution in [0, 0.1) is 56.7 Å². The second-order valence-electron chi connectivity index (χ2n) is 14.9. The monoisotopic (exact) mass is 486 g/mol. The van der Waals surface area contributed by atoms with Crippen LogP contribution in [0.25, 0.3) is 0 Å². The van der Waals surface area contributed by atoms with E-state index in [1.807, 2.05) is 0 Å². The summed E-state index contributed by atoms with van der Waals surface area (Å²) in [5, 5.41) is 20.3. The van der Waals surface area contributed by atoms with Gasteiger partial charge in [-0.1, -0.05) is 60.1 Å². The first-order valence-corrected chi connectivity index (χ1v) is 14.5. The Morgan fingerprint density at radius 3 is 2.37 bits per heavy atom. The topological polar surface area (TPSA) is 66.8 Å². The van der Waals surface area contributed by atoms with Crippen LogP contribution >= 0.6 is 0 Å². The fourth-order valence-electron chi connectivity index (χ4n) is 11.1. The average Bonchev–Trinajstić information content (AvgIpc) is 2.78. The number of carbonyl (C=O) groups is 1. The Balaban J connectivity index is 1.57. The van der Waals surface area contributed by atoms with Gasteiger partial charge in [-0.25, -0.2) is 4.79 Å². The van der Waals surface area contributed by atoms with Gasteiger partial charge in [-0.05, 0) is 109 Å². The van der Waals surface area contributed by atoms with Crippen molar-refractivity contribution in [3.63, 3.8) is 0 Å². The molecule has 0 heterocycles. The molecule has 4 heteroatoms. The van der Waals surface area contributed by atoms with Crippen LogP contribution in [0.15, 0.2) is 11.6 Å². The zero-order chi connectivity index (χ0) is 25.6. The summed E-state index contributed by atoms with van der Waals surface area (Å²) in [6.45, 7) is 17.6. The lowest BCUT2D eigenvalue weighted by molar-refractivity contribution is -0.205. The van der Waals surface area contributed by atoms with Crippen LogP contribution in [0.1, 0.15) is 106 Å². The van der Waals surface area contributed by atoms with Crippen LogP contribution in [0.3, 0.4) is 0 Å². The van der Waals surface area contributed by atoms with Crippen LogP contribution in [0.5, 0.6) is 0 Å². The summed E-state index contributed by atoms with van der Waals surface area (Å²) in [6, 6.07) is 0. The van der Waals surface area contributed by atoms with Gasteiger partial charge in [0.25, 0.3) is 0 Å². The Bertz CT molecular complexity index is 908. The zero-order valence-corrected chi connectivity index (χ0v) is 23.3. The normalized spacial score (nSPS) is 52.7. The van der Waals surface area contributed by atoms with E-state index in [2.05, 4.69) is 54.5 Å². The van der Waals surface area contributed by atoms with Gasteiger partial charge in [-0.2, -0.15) is 0 Å². The quantitative estimate of drug-likeness (QED) is 0.310. The van der Waals surface area contributed by atoms with Crippen molar-refractivity contribution in [2.75, 3.05) is 6.61 Å². The van der Waals surface area contributed by atoms with E-state index in [4.69, 9.17) is 4.74 Å². The Morgan fingerprint density at radius 2 is 1.69 bits per heavy atom. The van der Waals surface area contributed by atoms with E-state index < -0.39 is 6.16 Å². The number of carboxylic acid groups (broad SMARTS) is 1. The smallest absolute Gasteiger partial charge is 0.450 e. The van der Waals surface area contributed by atoms with Gasteiger partial charge in [0, 0.05) is 5.41 Å². The van der Waals surface area contributed by atoms with E-state index >= 15 is 0 Å². The minimum absolute atomic E-state index is 0.0254. The van der Waals surface area contributed by atoms with E-state index in [9.17, 15) is 15.0 Å². The summed E-state index contributed by atoms with van der Waals surface area (Å²) in [4.78, 5) is 11.4. The zero-order valence-electron chi connectivity index (χ0n) is 23.3. The molecule has 4 saturated carbocycles. The highest BCUT2D eigenvalue weighted by atomic mass is 16.7. The Hall–Kier alpha value is -1.03. The Kier molecular flexibility index (Phi) is 5.84. The fourth-order valence-corrected chi connectivity index (χ4v) is 11.1. The standard InChI is InChI=1S/C31H50O4/c1-19-10-15-31(18-35-26(33)34)17-16-29(6)21(25(31)20(19)2)8-9-23-28(5)13-12-24(32)27(3,4)22(28)11-14-30(23,29)7/h8,19-20,22-25,32H,9-18H2,1-7H3,(H,33,34)/t19-,20+,22?,23-,24+,25+,28+,29-,30-,31-/m1/s1. The summed E-state index contributed by atoms with van der Waals surface area (Å²) >= 11 is 0. The molecule has 2 N–H and O–H groups in total. The van der Waals surface area contributed by atoms with Gasteiger partial charge in [0.1, 0.15) is 6.61 Å². The molecule has 0 aromatic carbocycles. The molecule has 0 aromatic rings. The maximum atomic E-state index is 11.4. The van der Waals surface area contributed by atoms with Crippen LogP contribution < -0.4 is 0 Å². The van der Waals surface area contributed by atoms with Crippen molar-refractivity contribution >= 4 is 6.16 Å². The average molecular weight is 487 g/mol. The van der Waals surface area contributed by atoms with Crippen LogP contribution in [0.2, 0.25) is 0 Å². The summed E-state index contributed by atoms with van der Waals surface area (Å²) < 4.78 is 5.35. The molecule has 4 nitrogen and oxygen atoms in total. The maximum Gasteiger partial charge on any atom is 0.505 e. The summed E-state index contributed by atoms with van der Waals surface area (Å²) in [5.74, 6) is 2.81. The van der Waals surface area contributed by atoms with Crippen molar-refractivity contribution in [2.24, 2.45) is 56.7 Å². The summed E-state index contributed by atoms with van der Waals surface area (Å²) in [7, 11) is 0. The predicted octanol–water partition coefficient (Wildman–Crippen LogP) is 7.70. The molecule has 10 atom stereocenters. The van der Waals surface area contributed by atoms with Gasteiger partial charge in [0.15, 0.2) is 0 Å². The van der Waals surface area contributed by atoms with E-state index in [0.717, 1.165) is 38.5 Å². The van der Waals surface area contributed by atoms with E-state index in [1.54, 1.807) is 5.57 Å². The Labute approximate surface area is 213 Å². The highest BCUT2D eigenvalue weighted by Gasteiger charge is 2.68. The molecular formula is C31H50O4. The van der Waals surface area contributed by atoms with Crippen molar-refractivity contribution in [3.8, 4) is 0 Å². The van der Waals surface area contributed by atoms with Gasteiger partial charge in [0.05, 0.1) is 6.10 Å². The summed E-state index contributed by atoms with van der Waals surface area (Å²) in [6.07, 6.45) is 11.4. The third-order valence-electron chi connectivity index (χ3n) is 13.6. The molecule has 0 bridgehead atoms. The minimum Gasteiger partial charge on any atom is -0.450 e. The number of rotatable bonds is 2. The van der Waals surface area contributed by atoms with Crippen LogP contribution in [0.4, 0.5) is 4.79 Å². The highest BCUT2D eigenvalue weighted by molar-refractivity contribution is 5.56.